The minimum atomic E-state index is -1.15. The van der Waals surface area contributed by atoms with Gasteiger partial charge in [-0.15, -0.1) is 0 Å². The Kier molecular flexibility index (Phi) is 9.15. The highest BCUT2D eigenvalue weighted by Crippen LogP contribution is 2.37. The standard InChI is InChI=1S/C23H29ClN2O4/c1-4-17-9-7-10-18(15-17)22-19(24)11-8-12-20(22)26(13-5-6-14-30-3)21(27)16-25(2)23(28)29/h7-12,15H,4-6,13-14,16H2,1-3H3,(H,28,29). The van der Waals surface area contributed by atoms with Crippen molar-refractivity contribution >= 4 is 29.3 Å². The number of carboxylic acid groups (broad SMARTS) is 1. The number of rotatable bonds is 10. The van der Waals surface area contributed by atoms with Crippen molar-refractivity contribution in [2.24, 2.45) is 0 Å². The van der Waals surface area contributed by atoms with Crippen LogP contribution >= 0.6 is 11.6 Å². The van der Waals surface area contributed by atoms with Gasteiger partial charge in [-0.05, 0) is 42.5 Å². The fourth-order valence-electron chi connectivity index (χ4n) is 3.22. The van der Waals surface area contributed by atoms with E-state index in [1.807, 2.05) is 18.2 Å². The number of amides is 2. The fraction of sp³-hybridized carbons (Fsp3) is 0.391. The van der Waals surface area contributed by atoms with Crippen molar-refractivity contribution in [2.75, 3.05) is 38.8 Å². The molecule has 30 heavy (non-hydrogen) atoms. The number of aryl methyl sites for hydroxylation is 1. The molecule has 6 nitrogen and oxygen atoms in total. The molecule has 0 bridgehead atoms. The number of likely N-dealkylation sites (N-methyl/N-ethyl adjacent to an activating group) is 1. The summed E-state index contributed by atoms with van der Waals surface area (Å²) in [5, 5.41) is 9.72. The first-order valence-electron chi connectivity index (χ1n) is 10.00. The molecule has 0 aliphatic rings. The highest BCUT2D eigenvalue weighted by molar-refractivity contribution is 6.34. The van der Waals surface area contributed by atoms with Crippen LogP contribution in [0.4, 0.5) is 10.5 Å². The number of unbranched alkanes of at least 4 members (excludes halogenated alkanes) is 1. The second-order valence-electron chi connectivity index (χ2n) is 7.07. The molecule has 1 N–H and O–H groups in total. The zero-order valence-electron chi connectivity index (χ0n) is 17.7. The van der Waals surface area contributed by atoms with Gasteiger partial charge in [0, 0.05) is 32.9 Å². The van der Waals surface area contributed by atoms with E-state index in [0.717, 1.165) is 35.3 Å². The number of methoxy groups -OCH3 is 1. The molecule has 0 atom stereocenters. The highest BCUT2D eigenvalue weighted by atomic mass is 35.5. The Morgan fingerprint density at radius 3 is 2.53 bits per heavy atom. The third kappa shape index (κ3) is 6.21. The molecule has 0 aliphatic heterocycles. The Balaban J connectivity index is 2.47. The van der Waals surface area contributed by atoms with Crippen LogP contribution in [-0.4, -0.2) is 55.9 Å². The maximum absolute atomic E-state index is 13.1. The average molecular weight is 433 g/mol. The van der Waals surface area contributed by atoms with Gasteiger partial charge in [0.1, 0.15) is 6.54 Å². The van der Waals surface area contributed by atoms with Gasteiger partial charge < -0.3 is 19.6 Å². The van der Waals surface area contributed by atoms with E-state index < -0.39 is 6.09 Å². The van der Waals surface area contributed by atoms with E-state index in [2.05, 4.69) is 19.1 Å². The lowest BCUT2D eigenvalue weighted by Gasteiger charge is -2.27. The Morgan fingerprint density at radius 2 is 1.87 bits per heavy atom. The van der Waals surface area contributed by atoms with Gasteiger partial charge >= 0.3 is 6.09 Å². The molecule has 0 unspecified atom stereocenters. The Hall–Kier alpha value is -2.57. The second-order valence-corrected chi connectivity index (χ2v) is 7.48. The second kappa shape index (κ2) is 11.6. The van der Waals surface area contributed by atoms with Crippen molar-refractivity contribution in [3.05, 3.63) is 53.1 Å². The van der Waals surface area contributed by atoms with Gasteiger partial charge in [-0.1, -0.05) is 48.9 Å². The number of anilines is 1. The quantitative estimate of drug-likeness (QED) is 0.540. The number of nitrogens with zero attached hydrogens (tertiary/aromatic N) is 2. The van der Waals surface area contributed by atoms with Gasteiger partial charge in [0.25, 0.3) is 0 Å². The van der Waals surface area contributed by atoms with Crippen molar-refractivity contribution in [1.82, 2.24) is 4.90 Å². The van der Waals surface area contributed by atoms with E-state index in [9.17, 15) is 14.7 Å². The number of benzene rings is 2. The van der Waals surface area contributed by atoms with Gasteiger partial charge in [-0.3, -0.25) is 4.79 Å². The number of hydrogen-bond acceptors (Lipinski definition) is 3. The van der Waals surface area contributed by atoms with Crippen LogP contribution in [0.5, 0.6) is 0 Å². The predicted octanol–water partition coefficient (Wildman–Crippen LogP) is 4.94. The van der Waals surface area contributed by atoms with Gasteiger partial charge in [0.05, 0.1) is 10.7 Å². The van der Waals surface area contributed by atoms with Crippen molar-refractivity contribution in [1.29, 1.82) is 0 Å². The van der Waals surface area contributed by atoms with Gasteiger partial charge in [0.2, 0.25) is 5.91 Å². The molecule has 2 amide bonds. The summed E-state index contributed by atoms with van der Waals surface area (Å²) in [6.07, 6.45) is 1.24. The van der Waals surface area contributed by atoms with Crippen LogP contribution in [0.15, 0.2) is 42.5 Å². The van der Waals surface area contributed by atoms with Gasteiger partial charge in [0.15, 0.2) is 0 Å². The van der Waals surface area contributed by atoms with E-state index >= 15 is 0 Å². The summed E-state index contributed by atoms with van der Waals surface area (Å²) in [6.45, 7) is 2.88. The first-order chi connectivity index (χ1) is 14.4. The van der Waals surface area contributed by atoms with Crippen molar-refractivity contribution in [2.45, 2.75) is 26.2 Å². The average Bonchev–Trinajstić information content (AvgIpc) is 2.73. The maximum atomic E-state index is 13.1. The first kappa shape index (κ1) is 23.7. The van der Waals surface area contributed by atoms with E-state index in [1.54, 1.807) is 24.1 Å². The number of ether oxygens (including phenoxy) is 1. The summed E-state index contributed by atoms with van der Waals surface area (Å²) in [6, 6.07) is 13.5. The zero-order valence-corrected chi connectivity index (χ0v) is 18.5. The normalized spacial score (nSPS) is 10.7. The first-order valence-corrected chi connectivity index (χ1v) is 10.4. The molecule has 0 saturated heterocycles. The third-order valence-electron chi connectivity index (χ3n) is 4.89. The number of halogens is 1. The largest absolute Gasteiger partial charge is 0.465 e. The zero-order chi connectivity index (χ0) is 22.1. The lowest BCUT2D eigenvalue weighted by atomic mass is 9.99. The van der Waals surface area contributed by atoms with Crippen LogP contribution in [0.25, 0.3) is 11.1 Å². The van der Waals surface area contributed by atoms with Crippen LogP contribution in [0.3, 0.4) is 0 Å². The van der Waals surface area contributed by atoms with E-state index in [1.165, 1.54) is 12.6 Å². The molecular formula is C23H29ClN2O4. The number of carbonyl (C=O) groups excluding carboxylic acids is 1. The summed E-state index contributed by atoms with van der Waals surface area (Å²) in [5.41, 5.74) is 3.54. The minimum Gasteiger partial charge on any atom is -0.465 e. The Labute approximate surface area is 183 Å². The van der Waals surface area contributed by atoms with E-state index in [-0.39, 0.29) is 12.5 Å². The predicted molar refractivity (Wildman–Crippen MR) is 120 cm³/mol. The van der Waals surface area contributed by atoms with Crippen molar-refractivity contribution < 1.29 is 19.4 Å². The van der Waals surface area contributed by atoms with E-state index in [4.69, 9.17) is 16.3 Å². The summed E-state index contributed by atoms with van der Waals surface area (Å²) >= 11 is 6.59. The monoisotopic (exact) mass is 432 g/mol. The Bertz CT molecular complexity index is 872. The van der Waals surface area contributed by atoms with Crippen LogP contribution < -0.4 is 4.90 Å². The van der Waals surface area contributed by atoms with Crippen LogP contribution in [0, 0.1) is 0 Å². The lowest BCUT2D eigenvalue weighted by Crippen LogP contribution is -2.41. The van der Waals surface area contributed by atoms with Gasteiger partial charge in [-0.2, -0.15) is 0 Å². The lowest BCUT2D eigenvalue weighted by molar-refractivity contribution is -0.119. The summed E-state index contributed by atoms with van der Waals surface area (Å²) < 4.78 is 5.11. The molecule has 0 heterocycles. The molecule has 0 radical (unpaired) electrons. The molecule has 2 aromatic rings. The highest BCUT2D eigenvalue weighted by Gasteiger charge is 2.23. The molecule has 0 aromatic heterocycles. The van der Waals surface area contributed by atoms with Crippen LogP contribution in [-0.2, 0) is 16.0 Å². The maximum Gasteiger partial charge on any atom is 0.407 e. The molecule has 0 aliphatic carbocycles. The molecule has 2 rings (SSSR count). The number of hydrogen-bond donors (Lipinski definition) is 1. The molecule has 0 saturated carbocycles. The molecule has 0 spiro atoms. The van der Waals surface area contributed by atoms with E-state index in [0.29, 0.717) is 23.9 Å². The summed E-state index contributed by atoms with van der Waals surface area (Å²) in [5.74, 6) is -0.299. The smallest absolute Gasteiger partial charge is 0.407 e. The van der Waals surface area contributed by atoms with Gasteiger partial charge in [-0.25, -0.2) is 4.79 Å². The van der Waals surface area contributed by atoms with Crippen molar-refractivity contribution in [3.63, 3.8) is 0 Å². The summed E-state index contributed by atoms with van der Waals surface area (Å²) in [4.78, 5) is 26.9. The molecular weight excluding hydrogens is 404 g/mol. The van der Waals surface area contributed by atoms with Crippen LogP contribution in [0.1, 0.15) is 25.3 Å². The fourth-order valence-corrected chi connectivity index (χ4v) is 3.50. The molecule has 2 aromatic carbocycles. The summed E-state index contributed by atoms with van der Waals surface area (Å²) in [7, 11) is 3.02. The number of carbonyl (C=O) groups is 2. The molecule has 162 valence electrons. The SMILES string of the molecule is CCc1cccc(-c2c(Cl)cccc2N(CCCCOC)C(=O)CN(C)C(=O)O)c1. The third-order valence-corrected chi connectivity index (χ3v) is 5.20. The molecule has 0 fully saturated rings. The van der Waals surface area contributed by atoms with Crippen molar-refractivity contribution in [3.8, 4) is 11.1 Å². The minimum absolute atomic E-state index is 0.236. The Morgan fingerprint density at radius 1 is 1.13 bits per heavy atom. The van der Waals surface area contributed by atoms with Crippen LogP contribution in [0.2, 0.25) is 5.02 Å². The topological polar surface area (TPSA) is 70.1 Å². The molecule has 7 heteroatoms.